The summed E-state index contributed by atoms with van der Waals surface area (Å²) in [5.41, 5.74) is -0.214. The standard InChI is InChI=1S/C35H25N5O7S2/c1-7-8-9-10-11-12-13-14-15-16-17-18-19-20-21-22-31(41)46-26-35(3,4)34-37-36-33-32(27(2)38-40(33)34)47-30-24-23-28(48(5,42)43)25-29(30)39-49(6,44)45/h23-25,38-39H,26H2,1-6H3. The van der Waals surface area contributed by atoms with Crippen LogP contribution in [0, 0.1) is 102 Å². The van der Waals surface area contributed by atoms with Crippen molar-refractivity contribution in [2.24, 2.45) is 0 Å². The maximum atomic E-state index is 12.2. The van der Waals surface area contributed by atoms with E-state index >= 15 is 0 Å². The molecule has 1 aromatic carbocycles. The number of carbonyl (C=O) groups excluding carboxylic acids is 1. The van der Waals surface area contributed by atoms with Crippen LogP contribution >= 0.6 is 0 Å². The first-order valence-corrected chi connectivity index (χ1v) is 17.4. The van der Waals surface area contributed by atoms with Gasteiger partial charge in [0.1, 0.15) is 6.61 Å². The second-order valence-electron chi connectivity index (χ2n) is 10.2. The minimum atomic E-state index is -3.79. The molecule has 0 aliphatic rings. The van der Waals surface area contributed by atoms with Gasteiger partial charge in [-0.2, -0.15) is 0 Å². The molecule has 2 aromatic heterocycles. The molecule has 3 rings (SSSR count). The van der Waals surface area contributed by atoms with Gasteiger partial charge in [-0.3, -0.25) is 9.82 Å². The predicted octanol–water partition coefficient (Wildman–Crippen LogP) is 1.80. The van der Waals surface area contributed by atoms with E-state index in [1.165, 1.54) is 16.6 Å². The van der Waals surface area contributed by atoms with Gasteiger partial charge in [0, 0.05) is 12.2 Å². The van der Waals surface area contributed by atoms with Gasteiger partial charge < -0.3 is 9.47 Å². The molecular formula is C35H25N5O7S2. The average molecular weight is 692 g/mol. The molecule has 0 fully saturated rings. The zero-order valence-electron chi connectivity index (χ0n) is 27.0. The van der Waals surface area contributed by atoms with E-state index in [4.69, 9.17) is 9.47 Å². The zero-order chi connectivity index (χ0) is 36.1. The number of nitrogens with one attached hydrogen (secondary N) is 2. The van der Waals surface area contributed by atoms with Crippen LogP contribution in [-0.4, -0.2) is 61.7 Å². The Bertz CT molecular complexity index is 2570. The van der Waals surface area contributed by atoms with E-state index in [0.29, 0.717) is 11.5 Å². The molecule has 0 saturated heterocycles. The SMILES string of the molecule is CC#CC#CC#CC#CC#CC#CC#CC#CC(=O)OCC(C)(C)c1nnc2c(Oc3ccc(S(C)(=O)=O)cc3NS(C)(=O)=O)c(C)[nH]n12. The predicted molar refractivity (Wildman–Crippen MR) is 182 cm³/mol. The Morgan fingerprint density at radius 3 is 1.96 bits per heavy atom. The summed E-state index contributed by atoms with van der Waals surface area (Å²) in [5.74, 6) is 39.2. The lowest BCUT2D eigenvalue weighted by Gasteiger charge is -2.20. The Morgan fingerprint density at radius 2 is 1.43 bits per heavy atom. The third kappa shape index (κ3) is 11.3. The number of aromatic amines is 1. The van der Waals surface area contributed by atoms with Crippen LogP contribution in [0.25, 0.3) is 5.65 Å². The Labute approximate surface area is 285 Å². The maximum absolute atomic E-state index is 12.2. The molecule has 2 heterocycles. The second kappa shape index (κ2) is 16.3. The van der Waals surface area contributed by atoms with Crippen molar-refractivity contribution in [1.29, 1.82) is 0 Å². The molecule has 0 aliphatic heterocycles. The highest BCUT2D eigenvalue weighted by atomic mass is 32.2. The van der Waals surface area contributed by atoms with Crippen LogP contribution in [-0.2, 0) is 34.8 Å². The number of fused-ring (bicyclic) bond motifs is 1. The molecule has 3 aromatic rings. The van der Waals surface area contributed by atoms with E-state index in [-0.39, 0.29) is 34.3 Å². The van der Waals surface area contributed by atoms with Gasteiger partial charge in [0.2, 0.25) is 15.7 Å². The first-order chi connectivity index (χ1) is 23.1. The van der Waals surface area contributed by atoms with Crippen LogP contribution in [0.5, 0.6) is 11.5 Å². The summed E-state index contributed by atoms with van der Waals surface area (Å²) in [6.45, 7) is 6.77. The summed E-state index contributed by atoms with van der Waals surface area (Å²) in [4.78, 5) is 12.1. The number of nitrogens with zero attached hydrogens (tertiary/aromatic N) is 3. The number of esters is 1. The first-order valence-electron chi connectivity index (χ1n) is 13.7. The topological polar surface area (TPSA) is 162 Å². The zero-order valence-corrected chi connectivity index (χ0v) is 28.6. The number of hydrogen-bond acceptors (Lipinski definition) is 9. The summed E-state index contributed by atoms with van der Waals surface area (Å²) in [7, 11) is -7.43. The van der Waals surface area contributed by atoms with Gasteiger partial charge in [0.15, 0.2) is 27.2 Å². The van der Waals surface area contributed by atoms with Gasteiger partial charge in [-0.1, -0.05) is 5.92 Å². The maximum Gasteiger partial charge on any atom is 0.385 e. The molecule has 49 heavy (non-hydrogen) atoms. The second-order valence-corrected chi connectivity index (χ2v) is 14.0. The normalized spacial score (nSPS) is 9.84. The van der Waals surface area contributed by atoms with Crippen molar-refractivity contribution in [2.75, 3.05) is 23.8 Å². The van der Waals surface area contributed by atoms with E-state index in [2.05, 4.69) is 115 Å². The number of sulfonamides is 1. The molecule has 0 atom stereocenters. The van der Waals surface area contributed by atoms with Crippen LogP contribution < -0.4 is 9.46 Å². The largest absolute Gasteiger partial charge is 0.455 e. The van der Waals surface area contributed by atoms with Gasteiger partial charge >= 0.3 is 5.97 Å². The Kier molecular flexibility index (Phi) is 12.2. The molecule has 0 saturated carbocycles. The fourth-order valence-electron chi connectivity index (χ4n) is 3.57. The monoisotopic (exact) mass is 691 g/mol. The Morgan fingerprint density at radius 1 is 0.878 bits per heavy atom. The van der Waals surface area contributed by atoms with Gasteiger partial charge in [0.05, 0.1) is 27.9 Å². The quantitative estimate of drug-likeness (QED) is 0.204. The van der Waals surface area contributed by atoms with E-state index in [1.807, 2.05) is 0 Å². The summed E-state index contributed by atoms with van der Waals surface area (Å²) < 4.78 is 63.2. The molecule has 0 bridgehead atoms. The smallest absolute Gasteiger partial charge is 0.385 e. The molecular weight excluding hydrogens is 667 g/mol. The summed E-state index contributed by atoms with van der Waals surface area (Å²) in [6, 6.07) is 3.78. The lowest BCUT2D eigenvalue weighted by Crippen LogP contribution is -2.28. The van der Waals surface area contributed by atoms with Crippen molar-refractivity contribution in [3.63, 3.8) is 0 Å². The summed E-state index contributed by atoms with van der Waals surface area (Å²) >= 11 is 0. The highest BCUT2D eigenvalue weighted by Crippen LogP contribution is 2.36. The number of rotatable bonds is 8. The minimum absolute atomic E-state index is 0.0249. The third-order valence-corrected chi connectivity index (χ3v) is 7.35. The van der Waals surface area contributed by atoms with E-state index < -0.39 is 31.2 Å². The lowest BCUT2D eigenvalue weighted by molar-refractivity contribution is -0.138. The van der Waals surface area contributed by atoms with Gasteiger partial charge in [-0.15, -0.1) is 10.2 Å². The summed E-state index contributed by atoms with van der Waals surface area (Å²) in [5, 5.41) is 11.5. The van der Waals surface area contributed by atoms with Gasteiger partial charge in [0.25, 0.3) is 0 Å². The van der Waals surface area contributed by atoms with Gasteiger partial charge in [-0.25, -0.2) is 26.1 Å². The van der Waals surface area contributed by atoms with Crippen molar-refractivity contribution in [1.82, 2.24) is 19.8 Å². The molecule has 12 nitrogen and oxygen atoms in total. The molecule has 14 heteroatoms. The number of hydrogen-bond donors (Lipinski definition) is 2. The third-order valence-electron chi connectivity index (χ3n) is 5.64. The van der Waals surface area contributed by atoms with Crippen LogP contribution in [0.1, 0.15) is 32.3 Å². The van der Waals surface area contributed by atoms with Crippen molar-refractivity contribution in [2.45, 2.75) is 38.0 Å². The number of carbonyl (C=O) groups is 1. The molecule has 244 valence electrons. The van der Waals surface area contributed by atoms with Crippen molar-refractivity contribution in [3.8, 4) is 106 Å². The number of aromatic nitrogens is 4. The van der Waals surface area contributed by atoms with Crippen LogP contribution in [0.2, 0.25) is 0 Å². The first kappa shape index (κ1) is 36.8. The fourth-order valence-corrected chi connectivity index (χ4v) is 4.77. The fraction of sp³-hybridized carbons (Fsp3) is 0.229. The minimum Gasteiger partial charge on any atom is -0.455 e. The Balaban J connectivity index is 1.69. The van der Waals surface area contributed by atoms with Crippen LogP contribution in [0.4, 0.5) is 5.69 Å². The number of aryl methyl sites for hydroxylation is 1. The van der Waals surface area contributed by atoms with Crippen molar-refractivity contribution < 1.29 is 31.1 Å². The summed E-state index contributed by atoms with van der Waals surface area (Å²) in [6.07, 6.45) is 1.93. The average Bonchev–Trinajstić information content (AvgIpc) is 3.56. The molecule has 0 amide bonds. The number of H-pyrrole nitrogens is 1. The molecule has 0 spiro atoms. The van der Waals surface area contributed by atoms with E-state index in [0.717, 1.165) is 18.6 Å². The number of benzene rings is 1. The van der Waals surface area contributed by atoms with Crippen LogP contribution in [0.15, 0.2) is 23.1 Å². The van der Waals surface area contributed by atoms with E-state index in [9.17, 15) is 21.6 Å². The van der Waals surface area contributed by atoms with Crippen LogP contribution in [0.3, 0.4) is 0 Å². The number of ether oxygens (including phenoxy) is 2. The van der Waals surface area contributed by atoms with E-state index in [1.54, 1.807) is 27.7 Å². The number of anilines is 1. The Hall–Kier alpha value is -6.65. The molecule has 0 unspecified atom stereocenters. The molecule has 0 radical (unpaired) electrons. The van der Waals surface area contributed by atoms with Crippen molar-refractivity contribution >= 4 is 37.2 Å². The number of sulfone groups is 1. The van der Waals surface area contributed by atoms with Gasteiger partial charge in [-0.05, 0) is 129 Å². The van der Waals surface area contributed by atoms with Crippen molar-refractivity contribution in [3.05, 3.63) is 29.7 Å². The lowest BCUT2D eigenvalue weighted by atomic mass is 9.94. The highest BCUT2D eigenvalue weighted by Gasteiger charge is 2.31. The molecule has 0 aliphatic carbocycles. The highest BCUT2D eigenvalue weighted by molar-refractivity contribution is 7.92. The molecule has 2 N–H and O–H groups in total.